The molecule has 1 aromatic rings. The molecule has 0 spiro atoms. The van der Waals surface area contributed by atoms with Crippen LogP contribution in [0.3, 0.4) is 0 Å². The van der Waals surface area contributed by atoms with Gasteiger partial charge in [0.2, 0.25) is 0 Å². The molecule has 2 aliphatic heterocycles. The molecule has 8 nitrogen and oxygen atoms in total. The number of aromatic hydroxyl groups is 1. The van der Waals surface area contributed by atoms with Crippen LogP contribution in [-0.2, 0) is 20.7 Å². The summed E-state index contributed by atoms with van der Waals surface area (Å²) in [5, 5.41) is 42.4. The van der Waals surface area contributed by atoms with Crippen molar-refractivity contribution in [2.75, 3.05) is 0 Å². The van der Waals surface area contributed by atoms with E-state index in [2.05, 4.69) is 29.5 Å². The molecule has 2 fully saturated rings. The number of aliphatic hydroxyl groups is 2. The minimum Gasteiger partial charge on any atom is -0.507 e. The van der Waals surface area contributed by atoms with Gasteiger partial charge in [-0.2, -0.15) is 0 Å². The van der Waals surface area contributed by atoms with E-state index >= 15 is 0 Å². The van der Waals surface area contributed by atoms with Gasteiger partial charge in [0.05, 0.1) is 35.1 Å². The Bertz CT molecular complexity index is 1170. The third-order valence-corrected chi connectivity index (χ3v) is 11.8. The Kier molecular flexibility index (Phi) is 11.8. The van der Waals surface area contributed by atoms with Crippen LogP contribution in [-0.4, -0.2) is 67.3 Å². The van der Waals surface area contributed by atoms with E-state index < -0.39 is 40.7 Å². The molecule has 9 heteroatoms. The van der Waals surface area contributed by atoms with Crippen LogP contribution in [0, 0.1) is 28.2 Å². The van der Waals surface area contributed by atoms with E-state index in [0.29, 0.717) is 56.1 Å². The smallest absolute Gasteiger partial charge is 0.339 e. The predicted molar refractivity (Wildman–Crippen MR) is 175 cm³/mol. The second-order valence-electron chi connectivity index (χ2n) is 13.4. The molecule has 9 atom stereocenters. The van der Waals surface area contributed by atoms with Crippen molar-refractivity contribution in [3.05, 3.63) is 26.3 Å². The van der Waals surface area contributed by atoms with Crippen molar-refractivity contribution in [2.45, 2.75) is 148 Å². The zero-order valence-electron chi connectivity index (χ0n) is 27.2. The van der Waals surface area contributed by atoms with Crippen molar-refractivity contribution in [1.82, 2.24) is 0 Å². The highest BCUT2D eigenvalue weighted by Crippen LogP contribution is 2.51. The van der Waals surface area contributed by atoms with E-state index in [-0.39, 0.29) is 35.2 Å². The van der Waals surface area contributed by atoms with Gasteiger partial charge in [-0.3, -0.25) is 4.79 Å². The maximum Gasteiger partial charge on any atom is 0.339 e. The fourth-order valence-corrected chi connectivity index (χ4v) is 8.59. The van der Waals surface area contributed by atoms with Gasteiger partial charge in [0, 0.05) is 15.4 Å². The summed E-state index contributed by atoms with van der Waals surface area (Å²) in [4.78, 5) is 25.9. The van der Waals surface area contributed by atoms with Gasteiger partial charge in [0.25, 0.3) is 0 Å². The Labute approximate surface area is 271 Å². The van der Waals surface area contributed by atoms with Crippen LogP contribution in [0.1, 0.15) is 121 Å². The summed E-state index contributed by atoms with van der Waals surface area (Å²) < 4.78 is 14.1. The highest BCUT2D eigenvalue weighted by molar-refractivity contribution is 14.1. The summed E-state index contributed by atoms with van der Waals surface area (Å²) in [6.45, 7) is 15.4. The second-order valence-corrected chi connectivity index (χ2v) is 14.6. The molecule has 2 heterocycles. The van der Waals surface area contributed by atoms with E-state index in [1.807, 2.05) is 34.6 Å². The average molecular weight is 717 g/mol. The molecule has 9 unspecified atom stereocenters. The highest BCUT2D eigenvalue weighted by Gasteiger charge is 2.57. The molecule has 3 rings (SSSR count). The molecule has 244 valence electrons. The van der Waals surface area contributed by atoms with E-state index in [1.165, 1.54) is 0 Å². The lowest BCUT2D eigenvalue weighted by Gasteiger charge is -2.48. The van der Waals surface area contributed by atoms with Crippen LogP contribution in [0.2, 0.25) is 0 Å². The molecule has 2 aliphatic rings. The first-order valence-electron chi connectivity index (χ1n) is 16.0. The second kappa shape index (κ2) is 14.0. The van der Waals surface area contributed by atoms with Gasteiger partial charge < -0.3 is 29.9 Å². The van der Waals surface area contributed by atoms with Crippen LogP contribution < -0.4 is 0 Å². The number of ether oxygens (including phenoxy) is 2. The third-order valence-electron chi connectivity index (χ3n) is 10.9. The number of aliphatic hydroxyl groups excluding tert-OH is 1. The maximum atomic E-state index is 14.0. The number of hydrogen-bond acceptors (Lipinski definition) is 7. The number of carbonyl (C=O) groups is 2. The quantitative estimate of drug-likeness (QED) is 0.168. The predicted octanol–water partition coefficient (Wildman–Crippen LogP) is 6.59. The molecule has 1 aromatic carbocycles. The van der Waals surface area contributed by atoms with Crippen molar-refractivity contribution in [3.8, 4) is 5.75 Å². The standard InChI is InChI=1S/C34H53IO8/c1-9-24(32(8)16-17-34(11-3,43-32)26-14-15-33(41,10-2)22(7)42-26)30(38)21(6)28(36)19(4)12-13-23-25(35)18-20(5)29(37)27(23)31(39)40/h18-19,21-22,24,26,28,36-37,41H,9-17H2,1-8H3,(H,39,40). The molecule has 0 amide bonds. The third kappa shape index (κ3) is 7.11. The average Bonchev–Trinajstić information content (AvgIpc) is 3.32. The normalized spacial score (nSPS) is 32.3. The van der Waals surface area contributed by atoms with Crippen LogP contribution in [0.25, 0.3) is 0 Å². The number of benzene rings is 1. The summed E-state index contributed by atoms with van der Waals surface area (Å²) in [5.74, 6) is -2.75. The molecule has 0 bridgehead atoms. The first-order chi connectivity index (χ1) is 20.0. The number of aryl methyl sites for hydroxylation is 1. The molecule has 43 heavy (non-hydrogen) atoms. The van der Waals surface area contributed by atoms with Gasteiger partial charge in [0.1, 0.15) is 17.1 Å². The number of carboxylic acid groups (broad SMARTS) is 1. The minimum absolute atomic E-state index is 0.0247. The van der Waals surface area contributed by atoms with Gasteiger partial charge in [-0.1, -0.05) is 34.6 Å². The van der Waals surface area contributed by atoms with Gasteiger partial charge in [-0.05, 0) is 124 Å². The lowest BCUT2D eigenvalue weighted by atomic mass is 9.74. The Morgan fingerprint density at radius 1 is 1.14 bits per heavy atom. The van der Waals surface area contributed by atoms with Crippen LogP contribution >= 0.6 is 22.6 Å². The molecule has 0 saturated carbocycles. The number of carboxylic acids is 1. The summed E-state index contributed by atoms with van der Waals surface area (Å²) in [7, 11) is 0. The number of halogens is 1. The fourth-order valence-electron chi connectivity index (χ4n) is 7.59. The molecule has 2 saturated heterocycles. The van der Waals surface area contributed by atoms with Crippen LogP contribution in [0.4, 0.5) is 0 Å². The van der Waals surface area contributed by atoms with Gasteiger partial charge >= 0.3 is 5.97 Å². The molecular weight excluding hydrogens is 663 g/mol. The van der Waals surface area contributed by atoms with Crippen molar-refractivity contribution < 1.29 is 39.5 Å². The molecule has 0 radical (unpaired) electrons. The largest absolute Gasteiger partial charge is 0.507 e. The van der Waals surface area contributed by atoms with E-state index in [4.69, 9.17) is 9.47 Å². The Morgan fingerprint density at radius 2 is 1.79 bits per heavy atom. The zero-order valence-corrected chi connectivity index (χ0v) is 29.4. The highest BCUT2D eigenvalue weighted by atomic mass is 127. The molecule has 0 aromatic heterocycles. The number of phenols is 1. The fraction of sp³-hybridized carbons (Fsp3) is 0.765. The summed E-state index contributed by atoms with van der Waals surface area (Å²) >= 11 is 2.09. The molecule has 4 N–H and O–H groups in total. The summed E-state index contributed by atoms with van der Waals surface area (Å²) in [6.07, 6.45) is 4.26. The number of ketones is 1. The van der Waals surface area contributed by atoms with Crippen molar-refractivity contribution in [3.63, 3.8) is 0 Å². The minimum atomic E-state index is -1.18. The zero-order chi connectivity index (χ0) is 32.5. The SMILES string of the molecule is CCC(C(=O)C(C)C(O)C(C)CCc1c(I)cc(C)c(O)c1C(=O)O)C1(C)CCC(CC)(C2CCC(O)(CC)C(C)O2)O1. The van der Waals surface area contributed by atoms with E-state index in [0.717, 1.165) is 16.4 Å². The van der Waals surface area contributed by atoms with Crippen LogP contribution in [0.5, 0.6) is 5.75 Å². The van der Waals surface area contributed by atoms with Crippen molar-refractivity contribution in [2.24, 2.45) is 17.8 Å². The summed E-state index contributed by atoms with van der Waals surface area (Å²) in [6, 6.07) is 1.76. The molecule has 0 aliphatic carbocycles. The maximum absolute atomic E-state index is 14.0. The number of aromatic carboxylic acids is 1. The number of carbonyl (C=O) groups excluding carboxylic acids is 1. The number of Topliss-reactive ketones (excluding diaryl/α,β-unsaturated/α-hetero) is 1. The van der Waals surface area contributed by atoms with Crippen molar-refractivity contribution in [1.29, 1.82) is 0 Å². The Balaban J connectivity index is 1.72. The van der Waals surface area contributed by atoms with Gasteiger partial charge in [0.15, 0.2) is 0 Å². The lowest BCUT2D eigenvalue weighted by Crippen LogP contribution is -2.56. The van der Waals surface area contributed by atoms with Gasteiger partial charge in [-0.25, -0.2) is 4.79 Å². The van der Waals surface area contributed by atoms with E-state index in [1.54, 1.807) is 19.9 Å². The van der Waals surface area contributed by atoms with E-state index in [9.17, 15) is 30.0 Å². The van der Waals surface area contributed by atoms with Crippen LogP contribution in [0.15, 0.2) is 6.07 Å². The number of hydrogen-bond donors (Lipinski definition) is 4. The van der Waals surface area contributed by atoms with Crippen molar-refractivity contribution >= 4 is 34.3 Å². The first-order valence-corrected chi connectivity index (χ1v) is 17.1. The first kappa shape index (κ1) is 36.2. The Morgan fingerprint density at radius 3 is 2.33 bits per heavy atom. The summed E-state index contributed by atoms with van der Waals surface area (Å²) in [5.41, 5.74) is -1.10. The van der Waals surface area contributed by atoms with Gasteiger partial charge in [-0.15, -0.1) is 0 Å². The number of rotatable bonds is 13. The topological polar surface area (TPSA) is 134 Å². The monoisotopic (exact) mass is 716 g/mol. The lowest BCUT2D eigenvalue weighted by molar-refractivity contribution is -0.241. The Hall–Kier alpha value is -1.27. The molecular formula is C34H53IO8.